The average Bonchev–Trinajstić information content (AvgIpc) is 3.23. The van der Waals surface area contributed by atoms with Gasteiger partial charge in [-0.25, -0.2) is 9.97 Å². The van der Waals surface area contributed by atoms with Crippen molar-refractivity contribution in [2.75, 3.05) is 5.32 Å². The minimum absolute atomic E-state index is 0.514. The quantitative estimate of drug-likeness (QED) is 0.618. The summed E-state index contributed by atoms with van der Waals surface area (Å²) in [7, 11) is 0. The van der Waals surface area contributed by atoms with Crippen molar-refractivity contribution in [3.05, 3.63) is 60.3 Å². The van der Waals surface area contributed by atoms with Crippen LogP contribution in [0.1, 0.15) is 11.3 Å². The Balaban J connectivity index is 1.70. The minimum Gasteiger partial charge on any atom is -0.467 e. The molecule has 6 heteroatoms. The highest BCUT2D eigenvalue weighted by molar-refractivity contribution is 5.93. The van der Waals surface area contributed by atoms with Gasteiger partial charge < -0.3 is 14.3 Å². The summed E-state index contributed by atoms with van der Waals surface area (Å²) in [5.41, 5.74) is 4.09. The van der Waals surface area contributed by atoms with Gasteiger partial charge in [-0.15, -0.1) is 0 Å². The number of rotatable bonds is 4. The number of fused-ring (bicyclic) bond motifs is 1. The van der Waals surface area contributed by atoms with E-state index in [1.54, 1.807) is 6.26 Å². The normalized spacial score (nSPS) is 11.0. The number of nitrogens with one attached hydrogen (secondary N) is 1. The first kappa shape index (κ1) is 13.5. The first-order valence-corrected chi connectivity index (χ1v) is 7.25. The lowest BCUT2D eigenvalue weighted by atomic mass is 10.1. The average molecular weight is 306 g/mol. The highest BCUT2D eigenvalue weighted by atomic mass is 16.5. The van der Waals surface area contributed by atoms with Crippen molar-refractivity contribution in [3.63, 3.8) is 0 Å². The molecule has 0 saturated heterocycles. The maximum Gasteiger partial charge on any atom is 0.228 e. The third-order valence-corrected chi connectivity index (χ3v) is 3.59. The second-order valence-corrected chi connectivity index (χ2v) is 5.23. The Morgan fingerprint density at radius 1 is 1.09 bits per heavy atom. The van der Waals surface area contributed by atoms with Crippen LogP contribution in [0.3, 0.4) is 0 Å². The molecule has 0 atom stereocenters. The summed E-state index contributed by atoms with van der Waals surface area (Å²) < 4.78 is 10.8. The van der Waals surface area contributed by atoms with E-state index >= 15 is 0 Å². The first-order valence-electron chi connectivity index (χ1n) is 7.25. The number of nitrogens with zero attached hydrogens (tertiary/aromatic N) is 3. The number of hydrogen-bond acceptors (Lipinski definition) is 6. The fourth-order valence-electron chi connectivity index (χ4n) is 2.37. The molecule has 3 heterocycles. The number of benzene rings is 1. The van der Waals surface area contributed by atoms with Gasteiger partial charge in [0, 0.05) is 5.56 Å². The van der Waals surface area contributed by atoms with Crippen LogP contribution >= 0.6 is 0 Å². The van der Waals surface area contributed by atoms with Crippen LogP contribution in [-0.2, 0) is 6.54 Å². The summed E-state index contributed by atoms with van der Waals surface area (Å²) in [6.45, 7) is 2.56. The van der Waals surface area contributed by atoms with E-state index < -0.39 is 0 Å². The first-order chi connectivity index (χ1) is 11.3. The molecule has 0 aliphatic heterocycles. The third-order valence-electron chi connectivity index (χ3n) is 3.59. The fraction of sp³-hybridized carbons (Fsp3) is 0.118. The Hall–Kier alpha value is -3.15. The van der Waals surface area contributed by atoms with Gasteiger partial charge in [0.05, 0.1) is 12.8 Å². The molecule has 0 amide bonds. The zero-order chi connectivity index (χ0) is 15.6. The lowest BCUT2D eigenvalue weighted by Crippen LogP contribution is -2.01. The van der Waals surface area contributed by atoms with Gasteiger partial charge in [0.1, 0.15) is 23.3 Å². The molecule has 0 unspecified atom stereocenters. The van der Waals surface area contributed by atoms with Gasteiger partial charge in [-0.2, -0.15) is 0 Å². The highest BCUT2D eigenvalue weighted by Gasteiger charge is 2.16. The molecule has 0 radical (unpaired) electrons. The Morgan fingerprint density at radius 2 is 1.96 bits per heavy atom. The Labute approximate surface area is 132 Å². The van der Waals surface area contributed by atoms with E-state index in [-0.39, 0.29) is 0 Å². The summed E-state index contributed by atoms with van der Waals surface area (Å²) in [4.78, 5) is 8.54. The van der Waals surface area contributed by atoms with E-state index in [0.717, 1.165) is 11.3 Å². The molecule has 0 fully saturated rings. The van der Waals surface area contributed by atoms with Crippen molar-refractivity contribution in [2.24, 2.45) is 0 Å². The van der Waals surface area contributed by atoms with Crippen LogP contribution in [0.2, 0.25) is 0 Å². The molecule has 0 aliphatic carbocycles. The van der Waals surface area contributed by atoms with Crippen molar-refractivity contribution in [1.29, 1.82) is 0 Å². The Morgan fingerprint density at radius 3 is 2.74 bits per heavy atom. The largest absolute Gasteiger partial charge is 0.467 e. The molecule has 4 rings (SSSR count). The molecule has 4 aromatic rings. The zero-order valence-corrected chi connectivity index (χ0v) is 12.5. The third kappa shape index (κ3) is 2.55. The van der Waals surface area contributed by atoms with E-state index in [4.69, 9.17) is 8.94 Å². The maximum atomic E-state index is 5.47. The number of aromatic nitrogens is 3. The van der Waals surface area contributed by atoms with Crippen molar-refractivity contribution in [3.8, 4) is 11.3 Å². The number of furan rings is 1. The molecule has 6 nitrogen and oxygen atoms in total. The van der Waals surface area contributed by atoms with E-state index in [0.29, 0.717) is 29.2 Å². The molecule has 1 N–H and O–H groups in total. The van der Waals surface area contributed by atoms with E-state index in [9.17, 15) is 0 Å². The Bertz CT molecular complexity index is 927. The Kier molecular flexibility index (Phi) is 3.27. The highest BCUT2D eigenvalue weighted by Crippen LogP contribution is 2.29. The van der Waals surface area contributed by atoms with Crippen LogP contribution in [0, 0.1) is 6.92 Å². The van der Waals surface area contributed by atoms with E-state index in [1.807, 2.05) is 43.3 Å². The number of aryl methyl sites for hydroxylation is 1. The van der Waals surface area contributed by atoms with Crippen LogP contribution in [-0.4, -0.2) is 15.1 Å². The summed E-state index contributed by atoms with van der Waals surface area (Å²) >= 11 is 0. The molecule has 3 aromatic heterocycles. The SMILES string of the molecule is Cc1ccc(-c2noc3c(NCc4ccco4)ncnc23)cc1. The standard InChI is InChI=1S/C17H14N4O2/c1-11-4-6-12(7-5-11)14-15-16(23-21-14)17(20-10-19-15)18-9-13-3-2-8-22-13/h2-8,10H,9H2,1H3,(H,18,19,20). The van der Waals surface area contributed by atoms with E-state index in [2.05, 4.69) is 20.4 Å². The molecule has 23 heavy (non-hydrogen) atoms. The van der Waals surface area contributed by atoms with Crippen LogP contribution in [0.4, 0.5) is 5.82 Å². The topological polar surface area (TPSA) is 77.0 Å². The molecule has 1 aromatic carbocycles. The molecule has 0 saturated carbocycles. The van der Waals surface area contributed by atoms with Crippen molar-refractivity contribution >= 4 is 16.9 Å². The molecule has 0 spiro atoms. The summed E-state index contributed by atoms with van der Waals surface area (Å²) in [6.07, 6.45) is 3.14. The van der Waals surface area contributed by atoms with Crippen molar-refractivity contribution in [1.82, 2.24) is 15.1 Å². The van der Waals surface area contributed by atoms with Crippen LogP contribution in [0.25, 0.3) is 22.4 Å². The fourth-order valence-corrected chi connectivity index (χ4v) is 2.37. The zero-order valence-electron chi connectivity index (χ0n) is 12.5. The molecular formula is C17H14N4O2. The maximum absolute atomic E-state index is 5.47. The summed E-state index contributed by atoms with van der Waals surface area (Å²) in [5, 5.41) is 7.35. The predicted octanol–water partition coefficient (Wildman–Crippen LogP) is 3.80. The molecular weight excluding hydrogens is 292 g/mol. The van der Waals surface area contributed by atoms with Gasteiger partial charge in [0.2, 0.25) is 5.58 Å². The molecule has 0 bridgehead atoms. The van der Waals surface area contributed by atoms with Gasteiger partial charge in [-0.1, -0.05) is 35.0 Å². The van der Waals surface area contributed by atoms with Gasteiger partial charge in [-0.3, -0.25) is 0 Å². The second kappa shape index (κ2) is 5.57. The van der Waals surface area contributed by atoms with E-state index in [1.165, 1.54) is 11.9 Å². The number of anilines is 1. The van der Waals surface area contributed by atoms with Crippen LogP contribution in [0.15, 0.2) is 57.9 Å². The molecule has 114 valence electrons. The van der Waals surface area contributed by atoms with Crippen LogP contribution < -0.4 is 5.32 Å². The van der Waals surface area contributed by atoms with Gasteiger partial charge in [-0.05, 0) is 19.1 Å². The minimum atomic E-state index is 0.514. The summed E-state index contributed by atoms with van der Waals surface area (Å²) in [6, 6.07) is 11.8. The predicted molar refractivity (Wildman–Crippen MR) is 85.8 cm³/mol. The van der Waals surface area contributed by atoms with Crippen molar-refractivity contribution in [2.45, 2.75) is 13.5 Å². The monoisotopic (exact) mass is 306 g/mol. The molecule has 0 aliphatic rings. The second-order valence-electron chi connectivity index (χ2n) is 5.23. The van der Waals surface area contributed by atoms with Crippen molar-refractivity contribution < 1.29 is 8.94 Å². The number of hydrogen-bond donors (Lipinski definition) is 1. The van der Waals surface area contributed by atoms with Gasteiger partial charge in [0.25, 0.3) is 0 Å². The van der Waals surface area contributed by atoms with Crippen LogP contribution in [0.5, 0.6) is 0 Å². The lowest BCUT2D eigenvalue weighted by molar-refractivity contribution is 0.459. The summed E-state index contributed by atoms with van der Waals surface area (Å²) in [5.74, 6) is 1.41. The van der Waals surface area contributed by atoms with Gasteiger partial charge in [0.15, 0.2) is 5.82 Å². The van der Waals surface area contributed by atoms with Gasteiger partial charge >= 0.3 is 0 Å². The smallest absolute Gasteiger partial charge is 0.228 e. The lowest BCUT2D eigenvalue weighted by Gasteiger charge is -2.02.